The molecule has 1 aliphatic carbocycles. The third-order valence-electron chi connectivity index (χ3n) is 4.98. The van der Waals surface area contributed by atoms with Crippen LogP contribution in [0, 0.1) is 5.92 Å². The number of alkyl halides is 3. The molecule has 2 aliphatic rings. The fourth-order valence-corrected chi connectivity index (χ4v) is 4.00. The van der Waals surface area contributed by atoms with Gasteiger partial charge in [-0.2, -0.15) is 13.2 Å². The van der Waals surface area contributed by atoms with Crippen molar-refractivity contribution in [3.05, 3.63) is 35.4 Å². The lowest BCUT2D eigenvalue weighted by molar-refractivity contribution is -0.139. The number of halogens is 5. The number of hydrogen-bond donors (Lipinski definition) is 1. The van der Waals surface area contributed by atoms with Crippen LogP contribution in [-0.4, -0.2) is 31.1 Å². The summed E-state index contributed by atoms with van der Waals surface area (Å²) in [7, 11) is 0. The molecule has 7 heteroatoms. The number of rotatable bonds is 3. The summed E-state index contributed by atoms with van der Waals surface area (Å²) in [5.41, 5.74) is 0.0224. The van der Waals surface area contributed by atoms with Crippen LogP contribution in [0.2, 0.25) is 0 Å². The number of benzene rings is 1. The van der Waals surface area contributed by atoms with E-state index >= 15 is 0 Å². The first kappa shape index (κ1) is 21.6. The van der Waals surface area contributed by atoms with Gasteiger partial charge < -0.3 is 5.32 Å². The van der Waals surface area contributed by atoms with E-state index in [2.05, 4.69) is 10.2 Å². The smallest absolute Gasteiger partial charge is 0.314 e. The number of piperazine rings is 1. The Kier molecular flexibility index (Phi) is 8.33. The molecule has 2 nitrogen and oxygen atoms in total. The fourth-order valence-electron chi connectivity index (χ4n) is 4.00. The number of nitrogens with one attached hydrogen (secondary N) is 1. The van der Waals surface area contributed by atoms with E-state index in [9.17, 15) is 13.2 Å². The normalized spacial score (nSPS) is 21.0. The molecule has 1 aromatic rings. The second-order valence-electron chi connectivity index (χ2n) is 6.36. The molecule has 1 atom stereocenters. The van der Waals surface area contributed by atoms with E-state index in [-0.39, 0.29) is 30.9 Å². The molecule has 1 aromatic carbocycles. The fraction of sp³-hybridized carbons (Fsp3) is 0.647. The van der Waals surface area contributed by atoms with E-state index in [1.165, 1.54) is 12.1 Å². The molecule has 2 fully saturated rings. The number of hydrogen-bond acceptors (Lipinski definition) is 2. The highest BCUT2D eigenvalue weighted by Gasteiger charge is 2.39. The average molecular weight is 385 g/mol. The molecule has 24 heavy (non-hydrogen) atoms. The van der Waals surface area contributed by atoms with Crippen molar-refractivity contribution in [3.8, 4) is 0 Å². The molecule has 3 rings (SSSR count). The molecule has 0 bridgehead atoms. The Bertz CT molecular complexity index is 499. The van der Waals surface area contributed by atoms with Crippen molar-refractivity contribution >= 4 is 24.8 Å². The van der Waals surface area contributed by atoms with Gasteiger partial charge in [0.05, 0.1) is 5.56 Å². The van der Waals surface area contributed by atoms with Gasteiger partial charge in [0.2, 0.25) is 0 Å². The summed E-state index contributed by atoms with van der Waals surface area (Å²) in [6, 6.07) is 6.07. The Morgan fingerprint density at radius 1 is 1.00 bits per heavy atom. The van der Waals surface area contributed by atoms with Gasteiger partial charge in [0.1, 0.15) is 0 Å². The van der Waals surface area contributed by atoms with E-state index in [4.69, 9.17) is 0 Å². The first-order valence-corrected chi connectivity index (χ1v) is 8.18. The van der Waals surface area contributed by atoms with Crippen LogP contribution < -0.4 is 5.32 Å². The Morgan fingerprint density at radius 2 is 1.58 bits per heavy atom. The predicted octanol–water partition coefficient (Wildman–Crippen LogP) is 4.69. The van der Waals surface area contributed by atoms with Gasteiger partial charge in [0.25, 0.3) is 0 Å². The third kappa shape index (κ3) is 4.78. The van der Waals surface area contributed by atoms with Crippen molar-refractivity contribution in [1.29, 1.82) is 0 Å². The molecule has 1 saturated carbocycles. The summed E-state index contributed by atoms with van der Waals surface area (Å²) in [5, 5.41) is 3.29. The molecular formula is C17H25Cl2F3N2. The molecule has 0 spiro atoms. The molecule has 1 N–H and O–H groups in total. The summed E-state index contributed by atoms with van der Waals surface area (Å²) in [4.78, 5) is 2.26. The van der Waals surface area contributed by atoms with Crippen molar-refractivity contribution in [2.75, 3.05) is 26.2 Å². The lowest BCUT2D eigenvalue weighted by Crippen LogP contribution is -2.47. The summed E-state index contributed by atoms with van der Waals surface area (Å²) >= 11 is 0. The molecule has 1 saturated heterocycles. The standard InChI is InChI=1S/C17H23F3N2.2ClH/c18-17(19,20)15-8-4-3-7-14(15)16(13-5-1-2-6-13)22-11-9-21-10-12-22;;/h3-4,7-8,13,16,21H,1-2,5-6,9-12H2;2*1H/t16-;;/m0../s1. The van der Waals surface area contributed by atoms with Crippen molar-refractivity contribution < 1.29 is 13.2 Å². The minimum Gasteiger partial charge on any atom is -0.314 e. The molecule has 1 aliphatic heterocycles. The molecule has 0 amide bonds. The monoisotopic (exact) mass is 384 g/mol. The molecular weight excluding hydrogens is 360 g/mol. The van der Waals surface area contributed by atoms with E-state index < -0.39 is 11.7 Å². The van der Waals surface area contributed by atoms with Gasteiger partial charge in [0, 0.05) is 32.2 Å². The highest BCUT2D eigenvalue weighted by molar-refractivity contribution is 5.85. The van der Waals surface area contributed by atoms with Crippen LogP contribution in [0.5, 0.6) is 0 Å². The Labute approximate surface area is 154 Å². The van der Waals surface area contributed by atoms with Gasteiger partial charge in [0.15, 0.2) is 0 Å². The zero-order chi connectivity index (χ0) is 15.6. The SMILES string of the molecule is Cl.Cl.FC(F)(F)c1ccccc1[C@H](C1CCCC1)N1CCNCC1. The second kappa shape index (κ2) is 9.27. The molecule has 138 valence electrons. The minimum absolute atomic E-state index is 0. The Balaban J connectivity index is 0.00000144. The molecule has 0 radical (unpaired) electrons. The quantitative estimate of drug-likeness (QED) is 0.813. The zero-order valence-corrected chi connectivity index (χ0v) is 15.2. The Morgan fingerprint density at radius 3 is 2.17 bits per heavy atom. The second-order valence-corrected chi connectivity index (χ2v) is 6.36. The van der Waals surface area contributed by atoms with Gasteiger partial charge in [-0.3, -0.25) is 4.90 Å². The van der Waals surface area contributed by atoms with Crippen molar-refractivity contribution in [2.45, 2.75) is 37.9 Å². The summed E-state index contributed by atoms with van der Waals surface area (Å²) in [6.45, 7) is 3.37. The van der Waals surface area contributed by atoms with Crippen LogP contribution in [-0.2, 0) is 6.18 Å². The van der Waals surface area contributed by atoms with Crippen LogP contribution in [0.3, 0.4) is 0 Å². The largest absolute Gasteiger partial charge is 0.416 e. The van der Waals surface area contributed by atoms with Gasteiger partial charge in [-0.15, -0.1) is 24.8 Å². The van der Waals surface area contributed by atoms with E-state index in [1.54, 1.807) is 12.1 Å². The van der Waals surface area contributed by atoms with Crippen molar-refractivity contribution in [2.24, 2.45) is 5.92 Å². The van der Waals surface area contributed by atoms with E-state index in [1.807, 2.05) is 0 Å². The van der Waals surface area contributed by atoms with Crippen LogP contribution in [0.1, 0.15) is 42.9 Å². The van der Waals surface area contributed by atoms with Crippen LogP contribution in [0.4, 0.5) is 13.2 Å². The lowest BCUT2D eigenvalue weighted by atomic mass is 9.87. The summed E-state index contributed by atoms with van der Waals surface area (Å²) < 4.78 is 40.3. The van der Waals surface area contributed by atoms with Gasteiger partial charge in [-0.05, 0) is 30.4 Å². The first-order valence-electron chi connectivity index (χ1n) is 8.18. The molecule has 1 heterocycles. The van der Waals surface area contributed by atoms with Gasteiger partial charge >= 0.3 is 6.18 Å². The third-order valence-corrected chi connectivity index (χ3v) is 4.98. The van der Waals surface area contributed by atoms with Crippen molar-refractivity contribution in [1.82, 2.24) is 10.2 Å². The van der Waals surface area contributed by atoms with Crippen molar-refractivity contribution in [3.63, 3.8) is 0 Å². The van der Waals surface area contributed by atoms with Crippen LogP contribution in [0.25, 0.3) is 0 Å². The predicted molar refractivity (Wildman–Crippen MR) is 95.1 cm³/mol. The van der Waals surface area contributed by atoms with Gasteiger partial charge in [-0.25, -0.2) is 0 Å². The van der Waals surface area contributed by atoms with E-state index in [0.717, 1.165) is 51.9 Å². The maximum absolute atomic E-state index is 13.4. The molecule has 0 unspecified atom stereocenters. The summed E-state index contributed by atoms with van der Waals surface area (Å²) in [6.07, 6.45) is 0.0892. The van der Waals surface area contributed by atoms with Crippen LogP contribution >= 0.6 is 24.8 Å². The minimum atomic E-state index is -4.28. The first-order chi connectivity index (χ1) is 10.6. The van der Waals surface area contributed by atoms with E-state index in [0.29, 0.717) is 11.5 Å². The highest BCUT2D eigenvalue weighted by Crippen LogP contribution is 2.44. The zero-order valence-electron chi connectivity index (χ0n) is 13.5. The average Bonchev–Trinajstić information content (AvgIpc) is 3.02. The summed E-state index contributed by atoms with van der Waals surface area (Å²) in [5.74, 6) is 0.349. The van der Waals surface area contributed by atoms with Crippen LogP contribution in [0.15, 0.2) is 24.3 Å². The lowest BCUT2D eigenvalue weighted by Gasteiger charge is -2.39. The topological polar surface area (TPSA) is 15.3 Å². The number of nitrogens with zero attached hydrogens (tertiary/aromatic N) is 1. The Hall–Kier alpha value is -0.490. The van der Waals surface area contributed by atoms with Gasteiger partial charge in [-0.1, -0.05) is 31.0 Å². The maximum atomic E-state index is 13.4. The molecule has 0 aromatic heterocycles. The highest BCUT2D eigenvalue weighted by atomic mass is 35.5. The maximum Gasteiger partial charge on any atom is 0.416 e.